The van der Waals surface area contributed by atoms with Gasteiger partial charge in [0.1, 0.15) is 12.7 Å². The van der Waals surface area contributed by atoms with Crippen molar-refractivity contribution in [2.24, 2.45) is 0 Å². The third kappa shape index (κ3) is 5.98. The number of aromatic carboxylic acids is 1. The summed E-state index contributed by atoms with van der Waals surface area (Å²) in [6.45, 7) is 0.202. The van der Waals surface area contributed by atoms with Crippen LogP contribution in [0, 0.1) is 0 Å². The van der Waals surface area contributed by atoms with Crippen LogP contribution < -0.4 is 11.1 Å². The van der Waals surface area contributed by atoms with Crippen LogP contribution in [0.4, 0.5) is 10.5 Å². The molecule has 0 spiro atoms. The number of carboxylic acids is 1. The average Bonchev–Trinajstić information content (AvgIpc) is 2.66. The van der Waals surface area contributed by atoms with Crippen molar-refractivity contribution in [1.29, 1.82) is 0 Å². The lowest BCUT2D eigenvalue weighted by atomic mass is 9.99. The summed E-state index contributed by atoms with van der Waals surface area (Å²) in [5.41, 5.74) is 6.55. The van der Waals surface area contributed by atoms with Gasteiger partial charge in [0.25, 0.3) is 0 Å². The number of nitrogens with one attached hydrogen (secondary N) is 1. The van der Waals surface area contributed by atoms with Gasteiger partial charge in [-0.15, -0.1) is 0 Å². The molecular weight excluding hydrogens is 352 g/mol. The van der Waals surface area contributed by atoms with Gasteiger partial charge < -0.3 is 31.1 Å². The molecule has 0 aliphatic rings. The van der Waals surface area contributed by atoms with Gasteiger partial charge in [0.2, 0.25) is 0 Å². The standard InChI is InChI=1S/C19H22N2O6/c20-15-7-6-13(10-14(15)18(24)25)17(23)16(22)8-9-21-19(26)27-11-12-4-2-1-3-5-12/h1-7,10,16-17,22-23H,8-9,11,20H2,(H,21,26)(H,24,25). The van der Waals surface area contributed by atoms with Gasteiger partial charge in [-0.3, -0.25) is 0 Å². The van der Waals surface area contributed by atoms with Crippen molar-refractivity contribution in [2.45, 2.75) is 25.2 Å². The molecule has 2 aromatic carbocycles. The number of carbonyl (C=O) groups excluding carboxylic acids is 1. The summed E-state index contributed by atoms with van der Waals surface area (Å²) < 4.78 is 5.04. The molecule has 27 heavy (non-hydrogen) atoms. The number of nitrogen functional groups attached to an aromatic ring is 1. The van der Waals surface area contributed by atoms with E-state index in [0.717, 1.165) is 5.56 Å². The van der Waals surface area contributed by atoms with Crippen molar-refractivity contribution < 1.29 is 29.6 Å². The minimum atomic E-state index is -1.31. The molecule has 6 N–H and O–H groups in total. The van der Waals surface area contributed by atoms with Gasteiger partial charge in [-0.2, -0.15) is 0 Å². The average molecular weight is 374 g/mol. The number of carbonyl (C=O) groups is 2. The van der Waals surface area contributed by atoms with Crippen molar-refractivity contribution in [3.63, 3.8) is 0 Å². The summed E-state index contributed by atoms with van der Waals surface area (Å²) in [5.74, 6) is -1.22. The normalized spacial score (nSPS) is 12.8. The fraction of sp³-hybridized carbons (Fsp3) is 0.263. The Morgan fingerprint density at radius 1 is 1.11 bits per heavy atom. The number of aliphatic hydroxyl groups is 2. The fourth-order valence-corrected chi connectivity index (χ4v) is 2.42. The highest BCUT2D eigenvalue weighted by atomic mass is 16.5. The van der Waals surface area contributed by atoms with Gasteiger partial charge in [0, 0.05) is 12.2 Å². The number of anilines is 1. The molecule has 0 aliphatic carbocycles. The molecule has 0 saturated carbocycles. The third-order valence-electron chi connectivity index (χ3n) is 3.94. The number of alkyl carbamates (subject to hydrolysis) is 1. The van der Waals surface area contributed by atoms with E-state index in [2.05, 4.69) is 5.32 Å². The maximum Gasteiger partial charge on any atom is 0.407 e. The number of hydrogen-bond donors (Lipinski definition) is 5. The zero-order valence-corrected chi connectivity index (χ0v) is 14.5. The van der Waals surface area contributed by atoms with Crippen molar-refractivity contribution in [2.75, 3.05) is 12.3 Å². The van der Waals surface area contributed by atoms with Crippen LogP contribution in [0.15, 0.2) is 48.5 Å². The minimum absolute atomic E-state index is 0.0500. The SMILES string of the molecule is Nc1ccc(C(O)C(O)CCNC(=O)OCc2ccccc2)cc1C(=O)O. The summed E-state index contributed by atoms with van der Waals surface area (Å²) in [5, 5.41) is 31.8. The topological polar surface area (TPSA) is 142 Å². The number of aliphatic hydroxyl groups excluding tert-OH is 2. The number of amides is 1. The van der Waals surface area contributed by atoms with Crippen molar-refractivity contribution >= 4 is 17.7 Å². The maximum absolute atomic E-state index is 11.6. The summed E-state index contributed by atoms with van der Waals surface area (Å²) in [6, 6.07) is 13.2. The Morgan fingerprint density at radius 3 is 2.48 bits per heavy atom. The van der Waals surface area contributed by atoms with E-state index in [4.69, 9.17) is 15.6 Å². The highest BCUT2D eigenvalue weighted by Gasteiger charge is 2.20. The first kappa shape index (κ1) is 20.2. The largest absolute Gasteiger partial charge is 0.478 e. The molecule has 0 fully saturated rings. The monoisotopic (exact) mass is 374 g/mol. The molecule has 0 saturated heterocycles. The first-order valence-electron chi connectivity index (χ1n) is 8.32. The van der Waals surface area contributed by atoms with Crippen LogP contribution in [-0.2, 0) is 11.3 Å². The zero-order chi connectivity index (χ0) is 19.8. The number of carboxylic acid groups (broad SMARTS) is 1. The van der Waals surface area contributed by atoms with Crippen LogP contribution in [0.5, 0.6) is 0 Å². The molecule has 2 aromatic rings. The van der Waals surface area contributed by atoms with Crippen LogP contribution in [-0.4, -0.2) is 40.0 Å². The summed E-state index contributed by atoms with van der Waals surface area (Å²) in [4.78, 5) is 22.7. The Bertz CT molecular complexity index is 781. The van der Waals surface area contributed by atoms with Gasteiger partial charge in [-0.1, -0.05) is 36.4 Å². The van der Waals surface area contributed by atoms with Crippen molar-refractivity contribution in [1.82, 2.24) is 5.32 Å². The molecule has 0 bridgehead atoms. The van der Waals surface area contributed by atoms with E-state index in [1.165, 1.54) is 18.2 Å². The number of hydrogen-bond acceptors (Lipinski definition) is 6. The second kappa shape index (κ2) is 9.56. The van der Waals surface area contributed by atoms with Gasteiger partial charge in [0.15, 0.2) is 0 Å². The Labute approximate surface area is 156 Å². The number of ether oxygens (including phenoxy) is 1. The molecule has 2 atom stereocenters. The van der Waals surface area contributed by atoms with Crippen LogP contribution >= 0.6 is 0 Å². The van der Waals surface area contributed by atoms with E-state index >= 15 is 0 Å². The molecule has 0 aliphatic heterocycles. The molecule has 0 heterocycles. The Balaban J connectivity index is 1.79. The number of nitrogens with two attached hydrogens (primary N) is 1. The van der Waals surface area contributed by atoms with Gasteiger partial charge >= 0.3 is 12.1 Å². The molecule has 144 valence electrons. The molecule has 8 heteroatoms. The highest BCUT2D eigenvalue weighted by Crippen LogP contribution is 2.23. The van der Waals surface area contributed by atoms with Crippen LogP contribution in [0.3, 0.4) is 0 Å². The first-order chi connectivity index (χ1) is 12.9. The van der Waals surface area contributed by atoms with E-state index < -0.39 is 24.3 Å². The predicted octanol–water partition coefficient (Wildman–Crippen LogP) is 1.68. The molecule has 8 nitrogen and oxygen atoms in total. The van der Waals surface area contributed by atoms with Gasteiger partial charge in [-0.25, -0.2) is 9.59 Å². The lowest BCUT2D eigenvalue weighted by Crippen LogP contribution is -2.29. The van der Waals surface area contributed by atoms with Crippen LogP contribution in [0.25, 0.3) is 0 Å². The van der Waals surface area contributed by atoms with Crippen molar-refractivity contribution in [3.05, 3.63) is 65.2 Å². The predicted molar refractivity (Wildman–Crippen MR) is 98.0 cm³/mol. The number of benzene rings is 2. The lowest BCUT2D eigenvalue weighted by Gasteiger charge is -2.19. The Morgan fingerprint density at radius 2 is 1.81 bits per heavy atom. The quantitative estimate of drug-likeness (QED) is 0.442. The maximum atomic E-state index is 11.6. The second-order valence-electron chi connectivity index (χ2n) is 5.94. The molecular formula is C19H22N2O6. The first-order valence-corrected chi connectivity index (χ1v) is 8.32. The van der Waals surface area contributed by atoms with E-state index in [9.17, 15) is 19.8 Å². The van der Waals surface area contributed by atoms with Crippen molar-refractivity contribution in [3.8, 4) is 0 Å². The molecule has 0 radical (unpaired) electrons. The molecule has 2 unspecified atom stereocenters. The van der Waals surface area contributed by atoms with E-state index in [-0.39, 0.29) is 36.4 Å². The highest BCUT2D eigenvalue weighted by molar-refractivity contribution is 5.93. The van der Waals surface area contributed by atoms with Crippen LogP contribution in [0.1, 0.15) is 34.0 Å². The number of rotatable bonds is 8. The minimum Gasteiger partial charge on any atom is -0.478 e. The molecule has 0 aromatic heterocycles. The second-order valence-corrected chi connectivity index (χ2v) is 5.94. The van der Waals surface area contributed by atoms with Gasteiger partial charge in [0.05, 0.1) is 11.7 Å². The van der Waals surface area contributed by atoms with E-state index in [1.54, 1.807) is 0 Å². The zero-order valence-electron chi connectivity index (χ0n) is 14.5. The van der Waals surface area contributed by atoms with Crippen LogP contribution in [0.2, 0.25) is 0 Å². The summed E-state index contributed by atoms with van der Waals surface area (Å²) >= 11 is 0. The summed E-state index contributed by atoms with van der Waals surface area (Å²) in [6.07, 6.45) is -3.11. The van der Waals surface area contributed by atoms with E-state index in [1.807, 2.05) is 30.3 Å². The molecule has 1 amide bonds. The fourth-order valence-electron chi connectivity index (χ4n) is 2.42. The van der Waals surface area contributed by atoms with E-state index in [0.29, 0.717) is 0 Å². The third-order valence-corrected chi connectivity index (χ3v) is 3.94. The molecule has 2 rings (SSSR count). The smallest absolute Gasteiger partial charge is 0.407 e. The Kier molecular flexibility index (Phi) is 7.16. The Hall–Kier alpha value is -3.10. The lowest BCUT2D eigenvalue weighted by molar-refractivity contribution is 0.0135. The van der Waals surface area contributed by atoms with Gasteiger partial charge in [-0.05, 0) is 29.7 Å². The summed E-state index contributed by atoms with van der Waals surface area (Å²) in [7, 11) is 0.